The fourth-order valence-electron chi connectivity index (χ4n) is 5.59. The second-order valence-corrected chi connectivity index (χ2v) is 13.7. The number of nitrogens with one attached hydrogen (secondary N) is 1. The van der Waals surface area contributed by atoms with E-state index in [0.717, 1.165) is 22.4 Å². The van der Waals surface area contributed by atoms with E-state index in [1.807, 2.05) is 48.5 Å². The van der Waals surface area contributed by atoms with Gasteiger partial charge in [0.2, 0.25) is 11.8 Å². The van der Waals surface area contributed by atoms with E-state index in [9.17, 15) is 14.4 Å². The number of benzene rings is 2. The van der Waals surface area contributed by atoms with Crippen LogP contribution in [0.4, 0.5) is 5.69 Å². The Hall–Kier alpha value is -4.07. The maximum absolute atomic E-state index is 13.3. The summed E-state index contributed by atoms with van der Waals surface area (Å²) < 4.78 is 65.3. The molecule has 2 aromatic rings. The summed E-state index contributed by atoms with van der Waals surface area (Å²) in [6.45, 7) is 11.1. The smallest absolute Gasteiger partial charge is 0.305 e. The lowest BCUT2D eigenvalue weighted by Gasteiger charge is -2.26. The topological polar surface area (TPSA) is 197 Å². The Labute approximate surface area is 377 Å². The molecule has 0 radical (unpaired) electrons. The molecule has 2 N–H and O–H groups in total. The standard InChI is InChI=1S/C46H68N2O16/c49-44(11-12-45(50)48-39-42-7-2-1-5-40(42)9-10-41-6-3-4-8-43(41)48)47-14-16-54-18-20-56-22-24-58-26-28-60-30-32-62-34-36-64-38-37-63-35-33-61-31-29-59-27-25-57-23-21-55-19-17-53-15-13-46(51)52/h1-8H,11-39H2,(H,47,49)(H,51,52). The summed E-state index contributed by atoms with van der Waals surface area (Å²) in [6.07, 6.45) is 0.153. The molecule has 18 nitrogen and oxygen atoms in total. The van der Waals surface area contributed by atoms with E-state index in [1.54, 1.807) is 4.90 Å². The summed E-state index contributed by atoms with van der Waals surface area (Å²) in [6, 6.07) is 15.4. The number of amides is 2. The Kier molecular flexibility index (Phi) is 32.4. The third kappa shape index (κ3) is 28.0. The van der Waals surface area contributed by atoms with Gasteiger partial charge in [-0.1, -0.05) is 42.2 Å². The second-order valence-electron chi connectivity index (χ2n) is 13.7. The van der Waals surface area contributed by atoms with E-state index in [2.05, 4.69) is 17.2 Å². The Morgan fingerprint density at radius 1 is 0.453 bits per heavy atom. The fraction of sp³-hybridized carbons (Fsp3) is 0.630. The van der Waals surface area contributed by atoms with Crippen LogP contribution in [0.15, 0.2) is 48.5 Å². The fourth-order valence-corrected chi connectivity index (χ4v) is 5.59. The first kappa shape index (κ1) is 54.3. The van der Waals surface area contributed by atoms with Crippen molar-refractivity contribution in [1.29, 1.82) is 0 Å². The molecule has 0 spiro atoms. The first-order valence-corrected chi connectivity index (χ1v) is 22.0. The Balaban J connectivity index is 0.964. The van der Waals surface area contributed by atoms with Gasteiger partial charge in [0.15, 0.2) is 0 Å². The first-order chi connectivity index (χ1) is 31.5. The number of hydrogen-bond donors (Lipinski definition) is 2. The average Bonchev–Trinajstić information content (AvgIpc) is 3.29. The molecule has 64 heavy (non-hydrogen) atoms. The van der Waals surface area contributed by atoms with Crippen LogP contribution in [0.1, 0.15) is 36.0 Å². The molecule has 358 valence electrons. The lowest BCUT2D eigenvalue weighted by Crippen LogP contribution is -2.34. The van der Waals surface area contributed by atoms with E-state index in [0.29, 0.717) is 165 Å². The Morgan fingerprint density at radius 2 is 0.812 bits per heavy atom. The van der Waals surface area contributed by atoms with Crippen molar-refractivity contribution in [3.05, 3.63) is 65.2 Å². The first-order valence-electron chi connectivity index (χ1n) is 22.0. The number of carbonyl (C=O) groups is 3. The van der Waals surface area contributed by atoms with Crippen LogP contribution >= 0.6 is 0 Å². The van der Waals surface area contributed by atoms with Crippen molar-refractivity contribution in [2.24, 2.45) is 0 Å². The molecule has 1 aliphatic rings. The molecule has 1 aliphatic heterocycles. The number of hydrogen-bond acceptors (Lipinski definition) is 15. The molecule has 2 amide bonds. The van der Waals surface area contributed by atoms with E-state index in [4.69, 9.17) is 61.9 Å². The third-order valence-corrected chi connectivity index (χ3v) is 8.86. The molecule has 0 fully saturated rings. The zero-order valence-electron chi connectivity index (χ0n) is 37.1. The highest BCUT2D eigenvalue weighted by Gasteiger charge is 2.21. The zero-order valence-corrected chi connectivity index (χ0v) is 37.1. The highest BCUT2D eigenvalue weighted by molar-refractivity contribution is 5.96. The van der Waals surface area contributed by atoms with E-state index in [1.165, 1.54) is 0 Å². The minimum atomic E-state index is -0.881. The molecular weight excluding hydrogens is 837 g/mol. The number of fused-ring (bicyclic) bond motifs is 2. The molecule has 0 aliphatic carbocycles. The van der Waals surface area contributed by atoms with Crippen molar-refractivity contribution in [3.8, 4) is 11.8 Å². The van der Waals surface area contributed by atoms with E-state index in [-0.39, 0.29) is 37.7 Å². The minimum Gasteiger partial charge on any atom is -0.481 e. The summed E-state index contributed by atoms with van der Waals surface area (Å²) in [5.41, 5.74) is 3.39. The van der Waals surface area contributed by atoms with Crippen molar-refractivity contribution in [3.63, 3.8) is 0 Å². The summed E-state index contributed by atoms with van der Waals surface area (Å²) in [5, 5.41) is 11.3. The number of carbonyl (C=O) groups excluding carboxylic acids is 2. The van der Waals surface area contributed by atoms with Crippen LogP contribution in [0.2, 0.25) is 0 Å². The molecule has 2 aromatic carbocycles. The van der Waals surface area contributed by atoms with Crippen molar-refractivity contribution in [2.45, 2.75) is 25.8 Å². The number of carboxylic acids is 1. The number of ether oxygens (including phenoxy) is 12. The zero-order chi connectivity index (χ0) is 45.4. The molecule has 0 unspecified atom stereocenters. The monoisotopic (exact) mass is 904 g/mol. The van der Waals surface area contributed by atoms with Crippen LogP contribution in [0, 0.1) is 11.8 Å². The van der Waals surface area contributed by atoms with Crippen molar-refractivity contribution in [2.75, 3.05) is 170 Å². The number of nitrogens with zero attached hydrogens (tertiary/aromatic N) is 1. The van der Waals surface area contributed by atoms with Gasteiger partial charge in [-0.2, -0.15) is 0 Å². The predicted molar refractivity (Wildman–Crippen MR) is 234 cm³/mol. The SMILES string of the molecule is O=C(O)CCOCCOCCOCCOCCOCCOCCOCCOCCOCCOCCOCCOCCNC(=O)CCC(=O)N1Cc2ccccc2C#Cc2ccccc21. The average molecular weight is 905 g/mol. The molecule has 3 rings (SSSR count). The molecule has 1 heterocycles. The predicted octanol–water partition coefficient (Wildman–Crippen LogP) is 2.50. The van der Waals surface area contributed by atoms with Crippen LogP contribution in [0.25, 0.3) is 0 Å². The van der Waals surface area contributed by atoms with Gasteiger partial charge in [0.25, 0.3) is 0 Å². The van der Waals surface area contributed by atoms with Gasteiger partial charge in [0.05, 0.1) is 177 Å². The van der Waals surface area contributed by atoms with E-state index < -0.39 is 5.97 Å². The summed E-state index contributed by atoms with van der Waals surface area (Å²) in [7, 11) is 0. The highest BCUT2D eigenvalue weighted by Crippen LogP contribution is 2.26. The minimum absolute atomic E-state index is 0.0107. The summed E-state index contributed by atoms with van der Waals surface area (Å²) >= 11 is 0. The molecule has 0 atom stereocenters. The van der Waals surface area contributed by atoms with Gasteiger partial charge >= 0.3 is 5.97 Å². The number of aliphatic carboxylic acids is 1. The molecule has 18 heteroatoms. The Bertz CT molecular complexity index is 1590. The number of para-hydroxylation sites is 1. The number of carboxylic acid groups (broad SMARTS) is 1. The lowest BCUT2D eigenvalue weighted by atomic mass is 10.0. The molecule has 0 saturated carbocycles. The second kappa shape index (κ2) is 38.2. The number of rotatable bonds is 42. The summed E-state index contributed by atoms with van der Waals surface area (Å²) in [5.74, 6) is 5.18. The maximum Gasteiger partial charge on any atom is 0.305 e. The van der Waals surface area contributed by atoms with Gasteiger partial charge in [-0.25, -0.2) is 0 Å². The summed E-state index contributed by atoms with van der Waals surface area (Å²) in [4.78, 5) is 37.8. The molecule has 0 saturated heterocycles. The molecular formula is C46H68N2O16. The van der Waals surface area contributed by atoms with Crippen molar-refractivity contribution in [1.82, 2.24) is 5.32 Å². The van der Waals surface area contributed by atoms with Gasteiger partial charge in [-0.05, 0) is 23.8 Å². The lowest BCUT2D eigenvalue weighted by molar-refractivity contribution is -0.138. The van der Waals surface area contributed by atoms with Crippen LogP contribution in [0.5, 0.6) is 0 Å². The van der Waals surface area contributed by atoms with Gasteiger partial charge in [-0.15, -0.1) is 0 Å². The van der Waals surface area contributed by atoms with Crippen LogP contribution in [0.3, 0.4) is 0 Å². The van der Waals surface area contributed by atoms with Gasteiger partial charge in [-0.3, -0.25) is 14.4 Å². The van der Waals surface area contributed by atoms with Crippen molar-refractivity contribution < 1.29 is 76.3 Å². The maximum atomic E-state index is 13.3. The molecule has 0 bridgehead atoms. The van der Waals surface area contributed by atoms with Crippen LogP contribution in [-0.2, 0) is 77.8 Å². The quantitative estimate of drug-likeness (QED) is 0.0728. The number of anilines is 1. The molecule has 0 aromatic heterocycles. The third-order valence-electron chi connectivity index (χ3n) is 8.86. The van der Waals surface area contributed by atoms with Gasteiger partial charge < -0.3 is 72.2 Å². The van der Waals surface area contributed by atoms with Crippen LogP contribution < -0.4 is 10.2 Å². The van der Waals surface area contributed by atoms with Crippen molar-refractivity contribution >= 4 is 23.5 Å². The van der Waals surface area contributed by atoms with Gasteiger partial charge in [0, 0.05) is 30.5 Å². The highest BCUT2D eigenvalue weighted by atomic mass is 16.6. The largest absolute Gasteiger partial charge is 0.481 e. The Morgan fingerprint density at radius 3 is 1.25 bits per heavy atom. The van der Waals surface area contributed by atoms with Crippen LogP contribution in [-0.4, -0.2) is 188 Å². The normalized spacial score (nSPS) is 11.9. The van der Waals surface area contributed by atoms with Gasteiger partial charge in [0.1, 0.15) is 0 Å². The van der Waals surface area contributed by atoms with E-state index >= 15 is 0 Å².